The summed E-state index contributed by atoms with van der Waals surface area (Å²) >= 11 is -2.70. The fourth-order valence-corrected chi connectivity index (χ4v) is 18.2. The maximum atomic E-state index is 2.71. The molecule has 0 N–H and O–H groups in total. The van der Waals surface area contributed by atoms with Crippen LogP contribution < -0.4 is 24.8 Å². The Morgan fingerprint density at radius 3 is 1.54 bits per heavy atom. The number of fused-ring (bicyclic) bond motifs is 3. The van der Waals surface area contributed by atoms with Gasteiger partial charge >= 0.3 is 279 Å². The molecule has 3 aromatic carbocycles. The molecule has 0 nitrogen and oxygen atoms in total. The second-order valence-corrected chi connectivity index (χ2v) is 22.5. The molecule has 0 spiro atoms. The standard InChI is InChI=1S/C21H25.C13H21.C9H10.2ClH.Zr/c1-20(2,3)16-7-9-18-14(12-16)11-15-13-17(21(4,5)6)8-10-19(15)18;1-6-10-8-11(7-2)12(9-10)13(3,4)5;1-2-6-9-7-4-3-5-8-9;;;/h7-13H,1-6H3;9-10H,6-7H2,1-5H3;3-5,7-8H,2H2,1H3;2*1H;/q;;;;;+2/p-2. The molecule has 0 amide bonds. The molecule has 1 atom stereocenters. The molecule has 1 unspecified atom stereocenters. The summed E-state index contributed by atoms with van der Waals surface area (Å²) in [5, 5.41) is 0. The van der Waals surface area contributed by atoms with Gasteiger partial charge in [-0.3, -0.25) is 0 Å². The predicted octanol–water partition coefficient (Wildman–Crippen LogP) is 6.28. The van der Waals surface area contributed by atoms with E-state index in [4.69, 9.17) is 0 Å². The number of benzene rings is 3. The second-order valence-electron chi connectivity index (χ2n) is 16.2. The maximum absolute atomic E-state index is 2.71. The Bertz CT molecular complexity index is 1590. The number of halogens is 2. The molecule has 3 heteroatoms. The smallest absolute Gasteiger partial charge is 1.00 e. The summed E-state index contributed by atoms with van der Waals surface area (Å²) in [7, 11) is 0. The van der Waals surface area contributed by atoms with Gasteiger partial charge in [0.1, 0.15) is 0 Å². The van der Waals surface area contributed by atoms with Crippen molar-refractivity contribution >= 4 is 3.21 Å². The van der Waals surface area contributed by atoms with Gasteiger partial charge in [-0.25, -0.2) is 0 Å². The van der Waals surface area contributed by atoms with Gasteiger partial charge in [0.2, 0.25) is 0 Å². The van der Waals surface area contributed by atoms with Crippen LogP contribution in [0.5, 0.6) is 0 Å². The molecule has 0 saturated carbocycles. The first-order valence-electron chi connectivity index (χ1n) is 17.2. The Morgan fingerprint density at radius 1 is 0.652 bits per heavy atom. The van der Waals surface area contributed by atoms with E-state index in [1.807, 2.05) is 3.28 Å². The van der Waals surface area contributed by atoms with Crippen molar-refractivity contribution in [3.05, 3.63) is 115 Å². The summed E-state index contributed by atoms with van der Waals surface area (Å²) in [5.41, 5.74) is 14.3. The molecule has 0 bridgehead atoms. The van der Waals surface area contributed by atoms with Crippen molar-refractivity contribution < 1.29 is 46.1 Å². The molecule has 0 heterocycles. The van der Waals surface area contributed by atoms with Crippen LogP contribution in [-0.4, -0.2) is 3.21 Å². The number of rotatable bonds is 6. The van der Waals surface area contributed by atoms with E-state index in [9.17, 15) is 0 Å². The van der Waals surface area contributed by atoms with Crippen molar-refractivity contribution in [1.82, 2.24) is 0 Å². The van der Waals surface area contributed by atoms with Gasteiger partial charge in [-0.05, 0) is 0 Å². The Hall–Kier alpha value is -1.53. The summed E-state index contributed by atoms with van der Waals surface area (Å²) < 4.78 is 4.14. The van der Waals surface area contributed by atoms with E-state index in [0.29, 0.717) is 9.54 Å². The molecular formula is C43H56Cl2Zr. The third kappa shape index (κ3) is 7.24. The molecule has 0 aliphatic heterocycles. The molecule has 0 saturated heterocycles. The van der Waals surface area contributed by atoms with Crippen LogP contribution in [0, 0.1) is 11.3 Å². The van der Waals surface area contributed by atoms with E-state index in [1.165, 1.54) is 34.2 Å². The summed E-state index contributed by atoms with van der Waals surface area (Å²) in [6.07, 6.45) is 6.15. The first kappa shape index (κ1) is 38.9. The van der Waals surface area contributed by atoms with E-state index in [1.54, 1.807) is 25.5 Å². The van der Waals surface area contributed by atoms with Gasteiger partial charge in [0.15, 0.2) is 0 Å². The monoisotopic (exact) mass is 732 g/mol. The largest absolute Gasteiger partial charge is 1.00 e. The Balaban J connectivity index is 0.00000288. The van der Waals surface area contributed by atoms with Crippen molar-refractivity contribution in [2.24, 2.45) is 11.3 Å². The Morgan fingerprint density at radius 2 is 1.15 bits per heavy atom. The van der Waals surface area contributed by atoms with Gasteiger partial charge in [-0.1, -0.05) is 0 Å². The molecule has 246 valence electrons. The zero-order chi connectivity index (χ0) is 32.2. The van der Waals surface area contributed by atoms with Crippen LogP contribution in [0.25, 0.3) is 11.1 Å². The van der Waals surface area contributed by atoms with Crippen LogP contribution in [0.1, 0.15) is 134 Å². The van der Waals surface area contributed by atoms with Gasteiger partial charge in [-0.2, -0.15) is 0 Å². The van der Waals surface area contributed by atoms with Crippen LogP contribution in [0.4, 0.5) is 0 Å². The molecule has 0 radical (unpaired) electrons. The zero-order valence-corrected chi connectivity index (χ0v) is 34.4. The van der Waals surface area contributed by atoms with Crippen LogP contribution in [0.15, 0.2) is 87.2 Å². The Kier molecular flexibility index (Phi) is 12.3. The summed E-state index contributed by atoms with van der Waals surface area (Å²) in [5.74, 6) is 0.544. The van der Waals surface area contributed by atoms with Gasteiger partial charge in [0.25, 0.3) is 0 Å². The molecule has 5 rings (SSSR count). The normalized spacial score (nSPS) is 16.7. The first-order valence-corrected chi connectivity index (χ1v) is 21.0. The van der Waals surface area contributed by atoms with Crippen molar-refractivity contribution in [2.75, 3.05) is 0 Å². The Labute approximate surface area is 301 Å². The molecule has 46 heavy (non-hydrogen) atoms. The van der Waals surface area contributed by atoms with Crippen molar-refractivity contribution in [3.63, 3.8) is 0 Å². The van der Waals surface area contributed by atoms with Crippen LogP contribution >= 0.6 is 0 Å². The SMILES string of the molecule is CCC1=[C](/[Zr+2](=[C](\CC)c2ccccc2)[CH]2c3cc(C(C)(C)C)ccc3-c3ccc(C(C)(C)C)cc32)C(CC)C=C1C(C)(C)C.[Cl-].[Cl-]. The van der Waals surface area contributed by atoms with E-state index in [2.05, 4.69) is 156 Å². The minimum Gasteiger partial charge on any atom is -1.00 e. The van der Waals surface area contributed by atoms with E-state index in [0.717, 1.165) is 12.8 Å². The average molecular weight is 735 g/mol. The summed E-state index contributed by atoms with van der Waals surface area (Å²) in [6, 6.07) is 26.6. The van der Waals surface area contributed by atoms with Crippen molar-refractivity contribution in [1.29, 1.82) is 0 Å². The van der Waals surface area contributed by atoms with Crippen LogP contribution in [-0.2, 0) is 32.1 Å². The zero-order valence-electron chi connectivity index (χ0n) is 30.5. The van der Waals surface area contributed by atoms with E-state index in [-0.39, 0.29) is 41.1 Å². The first-order chi connectivity index (χ1) is 20.6. The van der Waals surface area contributed by atoms with E-state index >= 15 is 0 Å². The molecule has 3 aromatic rings. The molecule has 0 fully saturated rings. The topological polar surface area (TPSA) is 0 Å². The molecule has 0 aromatic heterocycles. The van der Waals surface area contributed by atoms with Gasteiger partial charge in [0.05, 0.1) is 0 Å². The van der Waals surface area contributed by atoms with Gasteiger partial charge < -0.3 is 24.8 Å². The fraction of sp³-hybridized carbons (Fsp3) is 0.465. The van der Waals surface area contributed by atoms with Crippen molar-refractivity contribution in [2.45, 2.75) is 117 Å². The number of allylic oxidation sites excluding steroid dienone is 4. The minimum atomic E-state index is -2.70. The quantitative estimate of drug-likeness (QED) is 0.280. The fourth-order valence-electron chi connectivity index (χ4n) is 7.71. The average Bonchev–Trinajstić information content (AvgIpc) is 3.50. The second kappa shape index (κ2) is 14.5. The predicted molar refractivity (Wildman–Crippen MR) is 191 cm³/mol. The van der Waals surface area contributed by atoms with Gasteiger partial charge in [0, 0.05) is 0 Å². The van der Waals surface area contributed by atoms with Crippen LogP contribution in [0.3, 0.4) is 0 Å². The van der Waals surface area contributed by atoms with Crippen LogP contribution in [0.2, 0.25) is 0 Å². The summed E-state index contributed by atoms with van der Waals surface area (Å²) in [6.45, 7) is 28.8. The molecular weight excluding hydrogens is 679 g/mol. The minimum absolute atomic E-state index is 0. The third-order valence-electron chi connectivity index (χ3n) is 10.1. The maximum Gasteiger partial charge on any atom is -1.00 e. The molecule has 2 aliphatic rings. The van der Waals surface area contributed by atoms with Gasteiger partial charge in [-0.15, -0.1) is 0 Å². The third-order valence-corrected chi connectivity index (χ3v) is 19.3. The van der Waals surface area contributed by atoms with E-state index < -0.39 is 21.3 Å². The molecule has 2 aliphatic carbocycles. The summed E-state index contributed by atoms with van der Waals surface area (Å²) in [4.78, 5) is 0. The van der Waals surface area contributed by atoms with Crippen molar-refractivity contribution in [3.8, 4) is 11.1 Å². The number of hydrogen-bond donors (Lipinski definition) is 0. The number of hydrogen-bond acceptors (Lipinski definition) is 0.